The Labute approximate surface area is 196 Å². The molecule has 0 radical (unpaired) electrons. The number of aliphatic hydroxyl groups is 4. The Balaban J connectivity index is 1.73. The zero-order valence-corrected chi connectivity index (χ0v) is 18.5. The van der Waals surface area contributed by atoms with Crippen molar-refractivity contribution < 1.29 is 29.9 Å². The largest absolute Gasteiger partial charge is 0.456 e. The topological polar surface area (TPSA) is 138 Å². The van der Waals surface area contributed by atoms with Gasteiger partial charge in [-0.25, -0.2) is 0 Å². The Morgan fingerprint density at radius 2 is 1.85 bits per heavy atom. The summed E-state index contributed by atoms with van der Waals surface area (Å²) in [6.45, 7) is 3.27. The summed E-state index contributed by atoms with van der Waals surface area (Å²) in [6, 6.07) is 12.5. The molecule has 1 heterocycles. The molecule has 2 aromatic rings. The van der Waals surface area contributed by atoms with Gasteiger partial charge in [0, 0.05) is 17.4 Å². The fourth-order valence-electron chi connectivity index (χ4n) is 3.53. The van der Waals surface area contributed by atoms with Crippen LogP contribution in [0.1, 0.15) is 22.8 Å². The zero-order valence-electron chi connectivity index (χ0n) is 17.8. The molecule has 3 rings (SSSR count). The molecular formula is C24H27ClN2O6. The Morgan fingerprint density at radius 1 is 1.12 bits per heavy atom. The minimum absolute atomic E-state index is 0.358. The highest BCUT2D eigenvalue weighted by Gasteiger charge is 2.44. The summed E-state index contributed by atoms with van der Waals surface area (Å²) < 4.78 is 11.2. The van der Waals surface area contributed by atoms with E-state index in [9.17, 15) is 20.4 Å². The summed E-state index contributed by atoms with van der Waals surface area (Å²) >= 11 is 6.39. The molecule has 6 N–H and O–H groups in total. The number of allylic oxidation sites excluding steroid dienone is 1. The van der Waals surface area contributed by atoms with E-state index in [4.69, 9.17) is 26.8 Å². The Bertz CT molecular complexity index is 1010. The number of ether oxygens (including phenoxy) is 2. The molecule has 2 aromatic carbocycles. The SMILES string of the molecule is C=C(/C=N\C=C/N)Oc1ccc(Cc2cc([C@@H]3O[C@H](CO)[C@@H](O)C(O)[C@H]3O)ccc2Cl)cc1. The van der Waals surface area contributed by atoms with Gasteiger partial charge < -0.3 is 35.6 Å². The molecule has 1 fully saturated rings. The minimum Gasteiger partial charge on any atom is -0.456 e. The van der Waals surface area contributed by atoms with Crippen molar-refractivity contribution in [2.75, 3.05) is 6.61 Å². The van der Waals surface area contributed by atoms with Gasteiger partial charge in [-0.2, -0.15) is 0 Å². The molecule has 0 aromatic heterocycles. The molecule has 33 heavy (non-hydrogen) atoms. The number of hydrogen-bond donors (Lipinski definition) is 5. The van der Waals surface area contributed by atoms with Crippen LogP contribution in [0, 0.1) is 0 Å². The first-order valence-corrected chi connectivity index (χ1v) is 10.7. The van der Waals surface area contributed by atoms with Crippen LogP contribution in [-0.4, -0.2) is 57.7 Å². The number of benzene rings is 2. The Kier molecular flexibility index (Phi) is 8.62. The van der Waals surface area contributed by atoms with Crippen LogP contribution in [0.25, 0.3) is 0 Å². The third-order valence-corrected chi connectivity index (χ3v) is 5.62. The number of hydrogen-bond acceptors (Lipinski definition) is 8. The maximum Gasteiger partial charge on any atom is 0.138 e. The Hall–Kier alpha value is -2.72. The van der Waals surface area contributed by atoms with Gasteiger partial charge in [0.2, 0.25) is 0 Å². The van der Waals surface area contributed by atoms with Crippen molar-refractivity contribution in [3.8, 4) is 5.75 Å². The minimum atomic E-state index is -1.45. The van der Waals surface area contributed by atoms with Crippen LogP contribution in [0.15, 0.2) is 72.2 Å². The predicted octanol–water partition coefficient (Wildman–Crippen LogP) is 1.84. The van der Waals surface area contributed by atoms with Crippen LogP contribution in [-0.2, 0) is 11.2 Å². The van der Waals surface area contributed by atoms with Crippen molar-refractivity contribution in [2.45, 2.75) is 36.9 Å². The summed E-state index contributed by atoms with van der Waals surface area (Å²) in [5.74, 6) is 0.948. The maximum atomic E-state index is 10.4. The van der Waals surface area contributed by atoms with Crippen molar-refractivity contribution in [1.82, 2.24) is 0 Å². The van der Waals surface area contributed by atoms with E-state index in [1.807, 2.05) is 12.1 Å². The van der Waals surface area contributed by atoms with E-state index < -0.39 is 37.1 Å². The third-order valence-electron chi connectivity index (χ3n) is 5.25. The second-order valence-corrected chi connectivity index (χ2v) is 8.02. The molecule has 1 unspecified atom stereocenters. The van der Waals surface area contributed by atoms with Crippen LogP contribution in [0.2, 0.25) is 5.02 Å². The smallest absolute Gasteiger partial charge is 0.138 e. The van der Waals surface area contributed by atoms with E-state index in [1.165, 1.54) is 18.6 Å². The highest BCUT2D eigenvalue weighted by atomic mass is 35.5. The number of nitrogens with zero attached hydrogens (tertiary/aromatic N) is 1. The first-order chi connectivity index (χ1) is 15.8. The molecule has 0 spiro atoms. The number of rotatable bonds is 8. The first-order valence-electron chi connectivity index (χ1n) is 10.3. The van der Waals surface area contributed by atoms with Crippen molar-refractivity contribution in [2.24, 2.45) is 10.7 Å². The lowest BCUT2D eigenvalue weighted by molar-refractivity contribution is -0.231. The summed E-state index contributed by atoms with van der Waals surface area (Å²) in [7, 11) is 0. The van der Waals surface area contributed by atoms with Gasteiger partial charge in [0.15, 0.2) is 0 Å². The molecule has 0 amide bonds. The average Bonchev–Trinajstić information content (AvgIpc) is 2.81. The fraction of sp³-hybridized carbons (Fsp3) is 0.292. The van der Waals surface area contributed by atoms with Crippen LogP contribution in [0.3, 0.4) is 0 Å². The van der Waals surface area contributed by atoms with E-state index in [1.54, 1.807) is 30.3 Å². The summed E-state index contributed by atoms with van der Waals surface area (Å²) in [4.78, 5) is 3.90. The molecular weight excluding hydrogens is 448 g/mol. The van der Waals surface area contributed by atoms with Crippen molar-refractivity contribution >= 4 is 17.8 Å². The quantitative estimate of drug-likeness (QED) is 0.290. The standard InChI is InChI=1S/C24H27ClN2O6/c1-14(12-27-9-8-26)32-18-5-2-15(3-6-18)10-17-11-16(4-7-19(17)25)24-23(31)22(30)21(29)20(13-28)33-24/h2-9,11-12,20-24,28-31H,1,10,13,26H2/b9-8-,27-12-/t20-,21-,22?,23-,24+/m1/s1. The van der Waals surface area contributed by atoms with E-state index in [-0.39, 0.29) is 0 Å². The lowest BCUT2D eigenvalue weighted by atomic mass is 9.90. The summed E-state index contributed by atoms with van der Waals surface area (Å²) in [6.07, 6.45) is -1.46. The van der Waals surface area contributed by atoms with E-state index in [0.717, 1.165) is 11.1 Å². The number of aliphatic hydroxyl groups excluding tert-OH is 4. The fourth-order valence-corrected chi connectivity index (χ4v) is 3.72. The second-order valence-electron chi connectivity index (χ2n) is 7.61. The van der Waals surface area contributed by atoms with Gasteiger partial charge in [-0.05, 0) is 41.3 Å². The molecule has 0 aliphatic carbocycles. The predicted molar refractivity (Wildman–Crippen MR) is 125 cm³/mol. The monoisotopic (exact) mass is 474 g/mol. The van der Waals surface area contributed by atoms with Gasteiger partial charge in [-0.15, -0.1) is 0 Å². The van der Waals surface area contributed by atoms with E-state index in [2.05, 4.69) is 11.6 Å². The lowest BCUT2D eigenvalue weighted by Crippen LogP contribution is -2.55. The number of halogens is 1. The van der Waals surface area contributed by atoms with Crippen molar-refractivity contribution in [3.05, 3.63) is 88.9 Å². The van der Waals surface area contributed by atoms with Crippen LogP contribution in [0.5, 0.6) is 5.75 Å². The average molecular weight is 475 g/mol. The van der Waals surface area contributed by atoms with Gasteiger partial charge >= 0.3 is 0 Å². The molecule has 1 aliphatic heterocycles. The molecule has 1 saturated heterocycles. The van der Waals surface area contributed by atoms with Crippen molar-refractivity contribution in [3.63, 3.8) is 0 Å². The van der Waals surface area contributed by atoms with Gasteiger partial charge in [0.05, 0.1) is 12.8 Å². The molecule has 0 saturated carbocycles. The maximum absolute atomic E-state index is 10.4. The zero-order chi connectivity index (χ0) is 24.0. The Morgan fingerprint density at radius 3 is 2.52 bits per heavy atom. The molecule has 1 aliphatic rings. The van der Waals surface area contributed by atoms with E-state index >= 15 is 0 Å². The molecule has 0 bridgehead atoms. The van der Waals surface area contributed by atoms with Gasteiger partial charge in [0.25, 0.3) is 0 Å². The molecule has 8 nitrogen and oxygen atoms in total. The number of nitrogens with two attached hydrogens (primary N) is 1. The normalized spacial score (nSPS) is 25.5. The summed E-state index contributed by atoms with van der Waals surface area (Å²) in [5, 5.41) is 40.4. The van der Waals surface area contributed by atoms with Gasteiger partial charge in [-0.1, -0.05) is 42.4 Å². The highest BCUT2D eigenvalue weighted by Crippen LogP contribution is 2.34. The summed E-state index contributed by atoms with van der Waals surface area (Å²) in [5.41, 5.74) is 7.53. The van der Waals surface area contributed by atoms with Gasteiger partial charge in [-0.3, -0.25) is 4.99 Å². The first kappa shape index (κ1) is 24.9. The molecule has 9 heteroatoms. The van der Waals surface area contributed by atoms with Crippen LogP contribution in [0.4, 0.5) is 0 Å². The highest BCUT2D eigenvalue weighted by molar-refractivity contribution is 6.31. The van der Waals surface area contributed by atoms with Crippen molar-refractivity contribution in [1.29, 1.82) is 0 Å². The van der Waals surface area contributed by atoms with Crippen LogP contribution >= 0.6 is 11.6 Å². The molecule has 5 atom stereocenters. The second kappa shape index (κ2) is 11.4. The third kappa shape index (κ3) is 6.20. The molecule has 176 valence electrons. The van der Waals surface area contributed by atoms with E-state index in [0.29, 0.717) is 28.5 Å². The number of aliphatic imine (C=N–C) groups is 1. The lowest BCUT2D eigenvalue weighted by Gasteiger charge is -2.40. The van der Waals surface area contributed by atoms with Crippen LogP contribution < -0.4 is 10.5 Å². The van der Waals surface area contributed by atoms with Gasteiger partial charge in [0.1, 0.15) is 42.0 Å².